The average Bonchev–Trinajstić information content (AvgIpc) is 2.59. The molecule has 0 aliphatic heterocycles. The zero-order chi connectivity index (χ0) is 11.7. The lowest BCUT2D eigenvalue weighted by molar-refractivity contribution is 0.585. The Labute approximate surface area is 91.5 Å². The normalized spacial score (nSPS) is 10.8. The molecule has 1 aromatic heterocycles. The summed E-state index contributed by atoms with van der Waals surface area (Å²) in [6.07, 6.45) is 1.53. The van der Waals surface area contributed by atoms with E-state index < -0.39 is 11.6 Å². The average molecular weight is 223 g/mol. The van der Waals surface area contributed by atoms with Crippen molar-refractivity contribution in [3.05, 3.63) is 41.7 Å². The largest absolute Gasteiger partial charge is 0.325 e. The number of halogens is 2. The van der Waals surface area contributed by atoms with Gasteiger partial charge >= 0.3 is 0 Å². The molecule has 2 N–H and O–H groups in total. The summed E-state index contributed by atoms with van der Waals surface area (Å²) in [5.41, 5.74) is 7.18. The fraction of sp³-hybridized carbons (Fsp3) is 0.182. The number of hydrogen-bond acceptors (Lipinski definition) is 2. The van der Waals surface area contributed by atoms with Crippen LogP contribution in [0.15, 0.2) is 24.4 Å². The highest BCUT2D eigenvalue weighted by Gasteiger charge is 2.13. The highest BCUT2D eigenvalue weighted by Crippen LogP contribution is 2.26. The molecule has 0 spiro atoms. The second-order valence-electron chi connectivity index (χ2n) is 3.46. The number of benzene rings is 1. The summed E-state index contributed by atoms with van der Waals surface area (Å²) < 4.78 is 27.9. The summed E-state index contributed by atoms with van der Waals surface area (Å²) >= 11 is 0. The van der Waals surface area contributed by atoms with Crippen LogP contribution < -0.4 is 5.73 Å². The van der Waals surface area contributed by atoms with E-state index in [2.05, 4.69) is 5.10 Å². The highest BCUT2D eigenvalue weighted by molar-refractivity contribution is 5.66. The number of nitrogens with zero attached hydrogens (tertiary/aromatic N) is 2. The van der Waals surface area contributed by atoms with Crippen LogP contribution in [0.25, 0.3) is 11.1 Å². The van der Waals surface area contributed by atoms with Gasteiger partial charge in [0, 0.05) is 30.8 Å². The molecule has 3 nitrogen and oxygen atoms in total. The van der Waals surface area contributed by atoms with E-state index in [0.717, 1.165) is 6.07 Å². The van der Waals surface area contributed by atoms with E-state index in [1.165, 1.54) is 18.3 Å². The summed E-state index contributed by atoms with van der Waals surface area (Å²) in [6.45, 7) is 0.253. The Morgan fingerprint density at radius 2 is 2.06 bits per heavy atom. The van der Waals surface area contributed by atoms with Crippen LogP contribution >= 0.6 is 0 Å². The Balaban J connectivity index is 2.58. The molecule has 0 unspecified atom stereocenters. The molecular weight excluding hydrogens is 212 g/mol. The molecule has 1 aromatic carbocycles. The van der Waals surface area contributed by atoms with Crippen LogP contribution in [0.3, 0.4) is 0 Å². The minimum absolute atomic E-state index is 0.253. The van der Waals surface area contributed by atoms with Gasteiger partial charge in [0.2, 0.25) is 0 Å². The summed E-state index contributed by atoms with van der Waals surface area (Å²) in [5, 5.41) is 4.00. The first-order chi connectivity index (χ1) is 7.63. The van der Waals surface area contributed by atoms with Gasteiger partial charge in [0.15, 0.2) is 0 Å². The van der Waals surface area contributed by atoms with Crippen molar-refractivity contribution >= 4 is 0 Å². The van der Waals surface area contributed by atoms with Crippen molar-refractivity contribution in [1.29, 1.82) is 0 Å². The van der Waals surface area contributed by atoms with E-state index in [-0.39, 0.29) is 6.54 Å². The predicted molar refractivity (Wildman–Crippen MR) is 56.5 cm³/mol. The quantitative estimate of drug-likeness (QED) is 0.844. The molecular formula is C11H11F2N3. The second kappa shape index (κ2) is 4.02. The summed E-state index contributed by atoms with van der Waals surface area (Å²) in [7, 11) is 1.73. The van der Waals surface area contributed by atoms with Crippen LogP contribution in [0.1, 0.15) is 5.69 Å². The topological polar surface area (TPSA) is 43.8 Å². The van der Waals surface area contributed by atoms with Gasteiger partial charge in [0.25, 0.3) is 0 Å². The van der Waals surface area contributed by atoms with Crippen molar-refractivity contribution in [3.8, 4) is 11.1 Å². The molecule has 2 aromatic rings. The van der Waals surface area contributed by atoms with Gasteiger partial charge in [-0.3, -0.25) is 4.68 Å². The third-order valence-corrected chi connectivity index (χ3v) is 2.48. The zero-order valence-corrected chi connectivity index (χ0v) is 8.74. The summed E-state index contributed by atoms with van der Waals surface area (Å²) in [6, 6.07) is 3.45. The Morgan fingerprint density at radius 1 is 1.31 bits per heavy atom. The molecule has 2 rings (SSSR count). The standard InChI is InChI=1S/C11H11F2N3/c1-16-11(5-14)9(6-15-16)8-3-2-7(12)4-10(8)13/h2-4,6H,5,14H2,1H3. The van der Waals surface area contributed by atoms with Crippen LogP contribution in [0.2, 0.25) is 0 Å². The van der Waals surface area contributed by atoms with Gasteiger partial charge in [0.1, 0.15) is 11.6 Å². The summed E-state index contributed by atoms with van der Waals surface area (Å²) in [5.74, 6) is -1.21. The van der Waals surface area contributed by atoms with Gasteiger partial charge in [-0.2, -0.15) is 5.10 Å². The molecule has 16 heavy (non-hydrogen) atoms. The van der Waals surface area contributed by atoms with Gasteiger partial charge in [-0.1, -0.05) is 0 Å². The molecule has 5 heteroatoms. The summed E-state index contributed by atoms with van der Waals surface area (Å²) in [4.78, 5) is 0. The third-order valence-electron chi connectivity index (χ3n) is 2.48. The van der Waals surface area contributed by atoms with Gasteiger partial charge in [0.05, 0.1) is 11.9 Å². The molecule has 0 radical (unpaired) electrons. The van der Waals surface area contributed by atoms with E-state index in [9.17, 15) is 8.78 Å². The molecule has 84 valence electrons. The second-order valence-corrected chi connectivity index (χ2v) is 3.46. The Morgan fingerprint density at radius 3 is 2.69 bits per heavy atom. The molecule has 0 bridgehead atoms. The van der Waals surface area contributed by atoms with Crippen molar-refractivity contribution < 1.29 is 8.78 Å². The lowest BCUT2D eigenvalue weighted by atomic mass is 10.1. The van der Waals surface area contributed by atoms with Crippen LogP contribution in [-0.4, -0.2) is 9.78 Å². The lowest BCUT2D eigenvalue weighted by Gasteiger charge is -2.04. The maximum absolute atomic E-state index is 13.5. The fourth-order valence-corrected chi connectivity index (χ4v) is 1.64. The molecule has 0 saturated heterocycles. The zero-order valence-electron chi connectivity index (χ0n) is 8.74. The molecule has 0 aliphatic rings. The number of aromatic nitrogens is 2. The maximum Gasteiger partial charge on any atom is 0.134 e. The Hall–Kier alpha value is -1.75. The highest BCUT2D eigenvalue weighted by atomic mass is 19.1. The smallest absolute Gasteiger partial charge is 0.134 e. The van der Waals surface area contributed by atoms with Crippen molar-refractivity contribution in [2.45, 2.75) is 6.54 Å². The van der Waals surface area contributed by atoms with E-state index >= 15 is 0 Å². The third kappa shape index (κ3) is 1.69. The van der Waals surface area contributed by atoms with Crippen LogP contribution in [0.5, 0.6) is 0 Å². The monoisotopic (exact) mass is 223 g/mol. The molecule has 0 amide bonds. The van der Waals surface area contributed by atoms with Crippen molar-refractivity contribution in [2.24, 2.45) is 12.8 Å². The van der Waals surface area contributed by atoms with Crippen molar-refractivity contribution in [1.82, 2.24) is 9.78 Å². The Bertz CT molecular complexity index is 520. The molecule has 0 atom stereocenters. The molecule has 0 aliphatic carbocycles. The van der Waals surface area contributed by atoms with Gasteiger partial charge < -0.3 is 5.73 Å². The first-order valence-electron chi connectivity index (χ1n) is 4.80. The Kier molecular flexibility index (Phi) is 2.70. The van der Waals surface area contributed by atoms with Gasteiger partial charge in [-0.25, -0.2) is 8.78 Å². The first kappa shape index (κ1) is 10.8. The molecule has 1 heterocycles. The lowest BCUT2D eigenvalue weighted by Crippen LogP contribution is -2.05. The fourth-order valence-electron chi connectivity index (χ4n) is 1.64. The predicted octanol–water partition coefficient (Wildman–Crippen LogP) is 1.82. The van der Waals surface area contributed by atoms with Crippen molar-refractivity contribution in [3.63, 3.8) is 0 Å². The number of nitrogens with two attached hydrogens (primary N) is 1. The van der Waals surface area contributed by atoms with Gasteiger partial charge in [-0.05, 0) is 12.1 Å². The number of rotatable bonds is 2. The van der Waals surface area contributed by atoms with Crippen molar-refractivity contribution in [2.75, 3.05) is 0 Å². The van der Waals surface area contributed by atoms with Crippen LogP contribution in [0, 0.1) is 11.6 Å². The number of aryl methyl sites for hydroxylation is 1. The van der Waals surface area contributed by atoms with Crippen LogP contribution in [-0.2, 0) is 13.6 Å². The molecule has 0 saturated carbocycles. The maximum atomic E-state index is 13.5. The van der Waals surface area contributed by atoms with E-state index in [4.69, 9.17) is 5.73 Å². The van der Waals surface area contributed by atoms with Crippen LogP contribution in [0.4, 0.5) is 8.78 Å². The SMILES string of the molecule is Cn1ncc(-c2ccc(F)cc2F)c1CN. The first-order valence-corrected chi connectivity index (χ1v) is 4.80. The molecule has 0 fully saturated rings. The van der Waals surface area contributed by atoms with E-state index in [1.54, 1.807) is 11.7 Å². The number of hydrogen-bond donors (Lipinski definition) is 1. The van der Waals surface area contributed by atoms with E-state index in [1.807, 2.05) is 0 Å². The van der Waals surface area contributed by atoms with E-state index in [0.29, 0.717) is 16.8 Å². The minimum atomic E-state index is -0.609. The van der Waals surface area contributed by atoms with Gasteiger partial charge in [-0.15, -0.1) is 0 Å². The minimum Gasteiger partial charge on any atom is -0.325 e.